The van der Waals surface area contributed by atoms with Crippen LogP contribution in [0.15, 0.2) is 30.5 Å². The summed E-state index contributed by atoms with van der Waals surface area (Å²) in [5.41, 5.74) is 3.78. The van der Waals surface area contributed by atoms with E-state index in [-0.39, 0.29) is 0 Å². The fourth-order valence-corrected chi connectivity index (χ4v) is 3.07. The van der Waals surface area contributed by atoms with Gasteiger partial charge < -0.3 is 4.90 Å². The number of benzene rings is 1. The molecule has 2 heteroatoms. The third kappa shape index (κ3) is 2.58. The molecule has 1 aliphatic rings. The Morgan fingerprint density at radius 3 is 2.58 bits per heavy atom. The molecule has 1 aromatic carbocycles. The summed E-state index contributed by atoms with van der Waals surface area (Å²) in [6.07, 6.45) is 8.91. The Morgan fingerprint density at radius 2 is 1.84 bits per heavy atom. The Labute approximate surface area is 115 Å². The molecular formula is C17H22N2. The molecule has 0 N–H and O–H groups in total. The number of hydrogen-bond donors (Lipinski definition) is 0. The number of aromatic nitrogens is 1. The van der Waals surface area contributed by atoms with Crippen molar-refractivity contribution < 1.29 is 0 Å². The molecular weight excluding hydrogens is 232 g/mol. The van der Waals surface area contributed by atoms with Crippen molar-refractivity contribution in [2.75, 3.05) is 19.0 Å². The van der Waals surface area contributed by atoms with E-state index in [9.17, 15) is 0 Å². The standard InChI is InChI=1S/C17H22N2/c1-19(2)16-8-9-17-14(11-16)10-15(12-18-17)13-6-4-3-5-7-13/h8-13H,3-7H2,1-2H3. The van der Waals surface area contributed by atoms with Crippen molar-refractivity contribution in [3.8, 4) is 0 Å². The largest absolute Gasteiger partial charge is 0.378 e. The lowest BCUT2D eigenvalue weighted by Crippen LogP contribution is -2.08. The van der Waals surface area contributed by atoms with Gasteiger partial charge in [0.25, 0.3) is 0 Å². The minimum absolute atomic E-state index is 0.730. The first-order valence-electron chi connectivity index (χ1n) is 7.31. The molecule has 0 amide bonds. The van der Waals surface area contributed by atoms with Crippen molar-refractivity contribution in [1.29, 1.82) is 0 Å². The second kappa shape index (κ2) is 5.20. The lowest BCUT2D eigenvalue weighted by Gasteiger charge is -2.22. The van der Waals surface area contributed by atoms with Crippen LogP contribution in [0.2, 0.25) is 0 Å². The van der Waals surface area contributed by atoms with E-state index < -0.39 is 0 Å². The van der Waals surface area contributed by atoms with Crippen molar-refractivity contribution in [1.82, 2.24) is 4.98 Å². The molecule has 0 radical (unpaired) electrons. The van der Waals surface area contributed by atoms with E-state index in [0.29, 0.717) is 0 Å². The molecule has 0 aliphatic heterocycles. The van der Waals surface area contributed by atoms with Crippen LogP contribution < -0.4 is 4.90 Å². The number of nitrogens with zero attached hydrogens (tertiary/aromatic N) is 2. The van der Waals surface area contributed by atoms with Gasteiger partial charge in [-0.25, -0.2) is 0 Å². The van der Waals surface area contributed by atoms with E-state index >= 15 is 0 Å². The molecule has 0 unspecified atom stereocenters. The lowest BCUT2D eigenvalue weighted by molar-refractivity contribution is 0.443. The molecule has 3 rings (SSSR count). The van der Waals surface area contributed by atoms with E-state index in [2.05, 4.69) is 54.4 Å². The molecule has 1 fully saturated rings. The molecule has 2 aromatic rings. The van der Waals surface area contributed by atoms with Crippen LogP contribution in [-0.4, -0.2) is 19.1 Å². The van der Waals surface area contributed by atoms with Crippen molar-refractivity contribution in [3.63, 3.8) is 0 Å². The second-order valence-corrected chi connectivity index (χ2v) is 5.88. The summed E-state index contributed by atoms with van der Waals surface area (Å²) in [4.78, 5) is 6.78. The van der Waals surface area contributed by atoms with Gasteiger partial charge >= 0.3 is 0 Å². The minimum atomic E-state index is 0.730. The first-order valence-corrected chi connectivity index (χ1v) is 7.31. The number of anilines is 1. The number of pyridine rings is 1. The molecule has 2 nitrogen and oxygen atoms in total. The summed E-state index contributed by atoms with van der Waals surface area (Å²) in [7, 11) is 4.17. The van der Waals surface area contributed by atoms with E-state index in [1.54, 1.807) is 0 Å². The summed E-state index contributed by atoms with van der Waals surface area (Å²) in [6, 6.07) is 8.85. The van der Waals surface area contributed by atoms with Gasteiger partial charge in [0.1, 0.15) is 0 Å². The van der Waals surface area contributed by atoms with Crippen LogP contribution in [-0.2, 0) is 0 Å². The third-order valence-electron chi connectivity index (χ3n) is 4.28. The Balaban J connectivity index is 1.98. The minimum Gasteiger partial charge on any atom is -0.378 e. The summed E-state index contributed by atoms with van der Waals surface area (Å²) >= 11 is 0. The van der Waals surface area contributed by atoms with Crippen LogP contribution >= 0.6 is 0 Å². The zero-order valence-electron chi connectivity index (χ0n) is 11.9. The van der Waals surface area contributed by atoms with E-state index in [4.69, 9.17) is 0 Å². The zero-order valence-corrected chi connectivity index (χ0v) is 11.9. The van der Waals surface area contributed by atoms with E-state index in [1.165, 1.54) is 48.7 Å². The predicted molar refractivity (Wildman–Crippen MR) is 81.9 cm³/mol. The Kier molecular flexibility index (Phi) is 3.41. The van der Waals surface area contributed by atoms with Gasteiger partial charge in [0.05, 0.1) is 5.52 Å². The van der Waals surface area contributed by atoms with Gasteiger partial charge in [-0.1, -0.05) is 19.3 Å². The molecule has 1 heterocycles. The first-order chi connectivity index (χ1) is 9.24. The fraction of sp³-hybridized carbons (Fsp3) is 0.471. The highest BCUT2D eigenvalue weighted by molar-refractivity contribution is 5.83. The molecule has 0 saturated heterocycles. The summed E-state index contributed by atoms with van der Waals surface area (Å²) < 4.78 is 0. The van der Waals surface area contributed by atoms with Gasteiger partial charge in [-0.2, -0.15) is 0 Å². The molecule has 1 saturated carbocycles. The molecule has 0 atom stereocenters. The molecule has 100 valence electrons. The Morgan fingerprint density at radius 1 is 1.05 bits per heavy atom. The van der Waals surface area contributed by atoms with Crippen LogP contribution in [0.25, 0.3) is 10.9 Å². The quantitative estimate of drug-likeness (QED) is 0.792. The normalized spacial score (nSPS) is 16.7. The highest BCUT2D eigenvalue weighted by atomic mass is 15.1. The molecule has 1 aliphatic carbocycles. The van der Waals surface area contributed by atoms with E-state index in [1.807, 2.05) is 0 Å². The van der Waals surface area contributed by atoms with Crippen LogP contribution in [0.1, 0.15) is 43.6 Å². The Hall–Kier alpha value is -1.57. The number of rotatable bonds is 2. The average molecular weight is 254 g/mol. The van der Waals surface area contributed by atoms with Crippen molar-refractivity contribution in [3.05, 3.63) is 36.0 Å². The second-order valence-electron chi connectivity index (χ2n) is 5.88. The first kappa shape index (κ1) is 12.5. The summed E-state index contributed by atoms with van der Waals surface area (Å²) in [5, 5.41) is 1.27. The van der Waals surface area contributed by atoms with Gasteiger partial charge in [0.15, 0.2) is 0 Å². The molecule has 0 spiro atoms. The third-order valence-corrected chi connectivity index (χ3v) is 4.28. The SMILES string of the molecule is CN(C)c1ccc2ncc(C3CCCCC3)cc2c1. The molecule has 1 aromatic heterocycles. The topological polar surface area (TPSA) is 16.1 Å². The van der Waals surface area contributed by atoms with Crippen LogP contribution in [0.5, 0.6) is 0 Å². The lowest BCUT2D eigenvalue weighted by atomic mass is 9.84. The van der Waals surface area contributed by atoms with Crippen molar-refractivity contribution >= 4 is 16.6 Å². The average Bonchev–Trinajstić information content (AvgIpc) is 2.47. The zero-order chi connectivity index (χ0) is 13.2. The van der Waals surface area contributed by atoms with Crippen LogP contribution in [0, 0.1) is 0 Å². The van der Waals surface area contributed by atoms with Gasteiger partial charge in [-0.3, -0.25) is 4.98 Å². The van der Waals surface area contributed by atoms with Crippen LogP contribution in [0.4, 0.5) is 5.69 Å². The van der Waals surface area contributed by atoms with Gasteiger partial charge in [0, 0.05) is 31.4 Å². The summed E-state index contributed by atoms with van der Waals surface area (Å²) in [6.45, 7) is 0. The smallest absolute Gasteiger partial charge is 0.0703 e. The Bertz CT molecular complexity index is 568. The summed E-state index contributed by atoms with van der Waals surface area (Å²) in [5.74, 6) is 0.730. The highest BCUT2D eigenvalue weighted by Gasteiger charge is 2.16. The maximum Gasteiger partial charge on any atom is 0.0703 e. The predicted octanol–water partition coefficient (Wildman–Crippen LogP) is 4.35. The number of hydrogen-bond acceptors (Lipinski definition) is 2. The monoisotopic (exact) mass is 254 g/mol. The molecule has 0 bridgehead atoms. The highest BCUT2D eigenvalue weighted by Crippen LogP contribution is 2.33. The maximum absolute atomic E-state index is 4.64. The maximum atomic E-state index is 4.64. The van der Waals surface area contributed by atoms with Gasteiger partial charge in [-0.15, -0.1) is 0 Å². The molecule has 19 heavy (non-hydrogen) atoms. The fourth-order valence-electron chi connectivity index (χ4n) is 3.07. The van der Waals surface area contributed by atoms with Crippen molar-refractivity contribution in [2.45, 2.75) is 38.0 Å². The van der Waals surface area contributed by atoms with Gasteiger partial charge in [-0.05, 0) is 48.6 Å². The van der Waals surface area contributed by atoms with Gasteiger partial charge in [0.2, 0.25) is 0 Å². The van der Waals surface area contributed by atoms with Crippen LogP contribution in [0.3, 0.4) is 0 Å². The van der Waals surface area contributed by atoms with E-state index in [0.717, 1.165) is 11.4 Å². The van der Waals surface area contributed by atoms with Crippen molar-refractivity contribution in [2.24, 2.45) is 0 Å². The number of fused-ring (bicyclic) bond motifs is 1.